The topological polar surface area (TPSA) is 71.1 Å². The van der Waals surface area contributed by atoms with Gasteiger partial charge in [-0.15, -0.1) is 0 Å². The van der Waals surface area contributed by atoms with Gasteiger partial charge in [-0.1, -0.05) is 43.6 Å². The molecule has 0 N–H and O–H groups in total. The first kappa shape index (κ1) is 32.5. The van der Waals surface area contributed by atoms with Gasteiger partial charge in [-0.2, -0.15) is 0 Å². The minimum Gasteiger partial charge on any atom is -0.457 e. The fourth-order valence-electron chi connectivity index (χ4n) is 4.58. The summed E-state index contributed by atoms with van der Waals surface area (Å²) in [7, 11) is 0. The van der Waals surface area contributed by atoms with Crippen LogP contribution in [-0.4, -0.2) is 25.5 Å². The smallest absolute Gasteiger partial charge is 0.314 e. The van der Waals surface area contributed by atoms with Crippen molar-refractivity contribution in [2.75, 3.05) is 13.6 Å². The molecular weight excluding hydrogens is 492 g/mol. The van der Waals surface area contributed by atoms with E-state index >= 15 is 0 Å². The van der Waals surface area contributed by atoms with Gasteiger partial charge in [0, 0.05) is 11.5 Å². The van der Waals surface area contributed by atoms with Gasteiger partial charge in [-0.05, 0) is 105 Å². The fourth-order valence-corrected chi connectivity index (χ4v) is 4.58. The Balaban J connectivity index is 2.55. The van der Waals surface area contributed by atoms with Gasteiger partial charge in [0.25, 0.3) is 0 Å². The number of aryl methyl sites for hydroxylation is 1. The predicted molar refractivity (Wildman–Crippen MR) is 156 cm³/mol. The summed E-state index contributed by atoms with van der Waals surface area (Å²) in [6, 6.07) is 4.08. The lowest BCUT2D eigenvalue weighted by Gasteiger charge is -2.33. The molecule has 2 atom stereocenters. The second-order valence-corrected chi connectivity index (χ2v) is 12.9. The van der Waals surface area contributed by atoms with Crippen molar-refractivity contribution in [3.05, 3.63) is 47.1 Å². The van der Waals surface area contributed by atoms with E-state index in [0.717, 1.165) is 55.2 Å². The zero-order valence-corrected chi connectivity index (χ0v) is 25.7. The van der Waals surface area contributed by atoms with E-state index in [4.69, 9.17) is 18.9 Å². The van der Waals surface area contributed by atoms with E-state index in [2.05, 4.69) is 33.4 Å². The summed E-state index contributed by atoms with van der Waals surface area (Å²) < 4.78 is 23.3. The van der Waals surface area contributed by atoms with Gasteiger partial charge in [0.05, 0.1) is 10.8 Å². The monoisotopic (exact) mass is 542 g/mol. The average Bonchev–Trinajstić information content (AvgIpc) is 2.82. The van der Waals surface area contributed by atoms with Gasteiger partial charge in [-0.3, -0.25) is 9.59 Å². The summed E-state index contributed by atoms with van der Waals surface area (Å²) in [4.78, 5) is 24.8. The maximum atomic E-state index is 12.4. The fraction of sp³-hybridized carbons (Fsp3) is 0.636. The van der Waals surface area contributed by atoms with Crippen LogP contribution in [0.1, 0.15) is 111 Å². The molecule has 1 aliphatic carbocycles. The summed E-state index contributed by atoms with van der Waals surface area (Å²) in [6.45, 7) is 21.1. The number of unbranched alkanes of at least 4 members (excludes halogenated alkanes) is 2. The summed E-state index contributed by atoms with van der Waals surface area (Å²) in [5.74, 6) is 0.722. The van der Waals surface area contributed by atoms with Crippen molar-refractivity contribution in [1.29, 1.82) is 0 Å². The molecule has 2 unspecified atom stereocenters. The first-order valence-electron chi connectivity index (χ1n) is 14.2. The largest absolute Gasteiger partial charge is 0.457 e. The van der Waals surface area contributed by atoms with E-state index in [1.807, 2.05) is 53.7 Å². The van der Waals surface area contributed by atoms with Crippen molar-refractivity contribution in [2.24, 2.45) is 16.7 Å². The van der Waals surface area contributed by atoms with Gasteiger partial charge >= 0.3 is 11.9 Å². The van der Waals surface area contributed by atoms with E-state index < -0.39 is 10.8 Å². The van der Waals surface area contributed by atoms with Gasteiger partial charge < -0.3 is 18.9 Å². The minimum atomic E-state index is -0.631. The maximum Gasteiger partial charge on any atom is 0.314 e. The van der Waals surface area contributed by atoms with Gasteiger partial charge in [0.1, 0.15) is 11.5 Å². The standard InChI is InChI=1S/C33H50O6/c1-11-12-13-14-24-18-27(36-20-38-30(34)32(5,6)7)29(26-17-23(4)15-16-25(26)22(2)3)28(19-24)37-21-39-31(35)33(8,9)10/h17-19,25-26H,2,11-16,20-21H2,1,3-10H3. The van der Waals surface area contributed by atoms with Crippen LogP contribution in [0.25, 0.3) is 0 Å². The third-order valence-corrected chi connectivity index (χ3v) is 6.98. The van der Waals surface area contributed by atoms with Gasteiger partial charge in [0.15, 0.2) is 0 Å². The summed E-state index contributed by atoms with van der Waals surface area (Å²) >= 11 is 0. The van der Waals surface area contributed by atoms with Crippen LogP contribution in [0.4, 0.5) is 0 Å². The molecule has 0 aliphatic heterocycles. The van der Waals surface area contributed by atoms with Crippen LogP contribution in [0.15, 0.2) is 35.9 Å². The number of rotatable bonds is 12. The molecule has 1 aromatic carbocycles. The molecule has 0 radical (unpaired) electrons. The lowest BCUT2D eigenvalue weighted by atomic mass is 9.73. The summed E-state index contributed by atoms with van der Waals surface area (Å²) in [6.07, 6.45) is 8.35. The number of allylic oxidation sites excluding steroid dienone is 3. The van der Waals surface area contributed by atoms with Crippen LogP contribution in [0.3, 0.4) is 0 Å². The lowest BCUT2D eigenvalue weighted by Crippen LogP contribution is -2.26. The van der Waals surface area contributed by atoms with E-state index in [1.165, 1.54) is 5.57 Å². The van der Waals surface area contributed by atoms with Crippen molar-refractivity contribution in [1.82, 2.24) is 0 Å². The molecule has 0 aromatic heterocycles. The molecule has 0 spiro atoms. The number of ether oxygens (including phenoxy) is 4. The molecular formula is C33H50O6. The Hall–Kier alpha value is -2.76. The zero-order valence-electron chi connectivity index (χ0n) is 25.7. The second kappa shape index (κ2) is 14.0. The van der Waals surface area contributed by atoms with Crippen molar-refractivity contribution in [3.8, 4) is 11.5 Å². The SMILES string of the molecule is C=C(C)C1CCC(C)=CC1c1c(OCOC(=O)C(C)(C)C)cc(CCCCC)cc1OCOC(=O)C(C)(C)C. The van der Waals surface area contributed by atoms with Crippen molar-refractivity contribution < 1.29 is 28.5 Å². The van der Waals surface area contributed by atoms with Gasteiger partial charge in [-0.25, -0.2) is 0 Å². The second-order valence-electron chi connectivity index (χ2n) is 12.9. The average molecular weight is 543 g/mol. The molecule has 6 heteroatoms. The Morgan fingerprint density at radius 2 is 1.44 bits per heavy atom. The lowest BCUT2D eigenvalue weighted by molar-refractivity contribution is -0.160. The highest BCUT2D eigenvalue weighted by Crippen LogP contribution is 2.47. The number of carbonyl (C=O) groups is 2. The van der Waals surface area contributed by atoms with Crippen LogP contribution < -0.4 is 9.47 Å². The van der Waals surface area contributed by atoms with Crippen LogP contribution >= 0.6 is 0 Å². The van der Waals surface area contributed by atoms with Crippen molar-refractivity contribution >= 4 is 11.9 Å². The molecule has 0 saturated carbocycles. The predicted octanol–water partition coefficient (Wildman–Crippen LogP) is 8.29. The van der Waals surface area contributed by atoms with Crippen molar-refractivity contribution in [2.45, 2.75) is 107 Å². The Kier molecular flexibility index (Phi) is 11.7. The highest BCUT2D eigenvalue weighted by atomic mass is 16.7. The highest BCUT2D eigenvalue weighted by molar-refractivity contribution is 5.75. The Morgan fingerprint density at radius 1 is 0.923 bits per heavy atom. The third kappa shape index (κ3) is 9.74. The number of esters is 2. The Bertz CT molecular complexity index is 984. The third-order valence-electron chi connectivity index (χ3n) is 6.98. The molecule has 1 aliphatic rings. The Labute approximate surface area is 236 Å². The molecule has 39 heavy (non-hydrogen) atoms. The summed E-state index contributed by atoms with van der Waals surface area (Å²) in [5.41, 5.74) is 3.04. The van der Waals surface area contributed by atoms with Crippen LogP contribution in [0, 0.1) is 16.7 Å². The molecule has 1 aromatic rings. The number of hydrogen-bond donors (Lipinski definition) is 0. The molecule has 2 rings (SSSR count). The highest BCUT2D eigenvalue weighted by Gasteiger charge is 2.32. The molecule has 6 nitrogen and oxygen atoms in total. The molecule has 0 amide bonds. The van der Waals surface area contributed by atoms with E-state index in [0.29, 0.717) is 11.5 Å². The molecule has 0 heterocycles. The molecule has 0 fully saturated rings. The zero-order chi connectivity index (χ0) is 29.4. The maximum absolute atomic E-state index is 12.4. The molecule has 0 bridgehead atoms. The van der Waals surface area contributed by atoms with Crippen molar-refractivity contribution in [3.63, 3.8) is 0 Å². The van der Waals surface area contributed by atoms with Crippen LogP contribution in [0.2, 0.25) is 0 Å². The van der Waals surface area contributed by atoms with Crippen LogP contribution in [0.5, 0.6) is 11.5 Å². The van der Waals surface area contributed by atoms with E-state index in [-0.39, 0.29) is 37.4 Å². The van der Waals surface area contributed by atoms with E-state index in [9.17, 15) is 9.59 Å². The number of benzene rings is 1. The first-order valence-corrected chi connectivity index (χ1v) is 14.2. The van der Waals surface area contributed by atoms with Crippen LogP contribution in [-0.2, 0) is 25.5 Å². The number of hydrogen-bond acceptors (Lipinski definition) is 6. The first-order chi connectivity index (χ1) is 18.1. The normalized spacial score (nSPS) is 17.7. The van der Waals surface area contributed by atoms with Gasteiger partial charge in [0.2, 0.25) is 13.6 Å². The minimum absolute atomic E-state index is 0.0393. The number of carbonyl (C=O) groups excluding carboxylic acids is 2. The summed E-state index contributed by atoms with van der Waals surface area (Å²) in [5, 5.41) is 0. The van der Waals surface area contributed by atoms with E-state index in [1.54, 1.807) is 0 Å². The molecule has 0 saturated heterocycles. The Morgan fingerprint density at radius 3 is 1.87 bits per heavy atom. The quantitative estimate of drug-likeness (QED) is 0.115. The molecule has 218 valence electrons.